The fourth-order valence-corrected chi connectivity index (χ4v) is 2.08. The predicted molar refractivity (Wildman–Crippen MR) is 80.1 cm³/mol. The number of hydrogen-bond donors (Lipinski definition) is 2. The Bertz CT molecular complexity index is 758. The Morgan fingerprint density at radius 3 is 2.74 bits per heavy atom. The van der Waals surface area contributed by atoms with Crippen molar-refractivity contribution >= 4 is 17.6 Å². The molecule has 0 radical (unpaired) electrons. The minimum absolute atomic E-state index is 0.00313. The van der Waals surface area contributed by atoms with Gasteiger partial charge in [0.1, 0.15) is 11.3 Å². The third-order valence-corrected chi connectivity index (χ3v) is 3.13. The Morgan fingerprint density at radius 1 is 1.13 bits per heavy atom. The summed E-state index contributed by atoms with van der Waals surface area (Å²) < 4.78 is 15.7. The molecule has 7 nitrogen and oxygen atoms in total. The Labute approximate surface area is 131 Å². The van der Waals surface area contributed by atoms with Gasteiger partial charge in [-0.3, -0.25) is 4.79 Å². The molecule has 0 saturated carbocycles. The molecule has 2 aromatic rings. The summed E-state index contributed by atoms with van der Waals surface area (Å²) in [6, 6.07) is 11.1. The molecule has 23 heavy (non-hydrogen) atoms. The summed E-state index contributed by atoms with van der Waals surface area (Å²) in [6.07, 6.45) is 0. The predicted octanol–water partition coefficient (Wildman–Crippen LogP) is 2.13. The maximum atomic E-state index is 11.9. The van der Waals surface area contributed by atoms with E-state index >= 15 is 0 Å². The van der Waals surface area contributed by atoms with E-state index in [0.29, 0.717) is 17.2 Å². The molecule has 2 aromatic carbocycles. The fourth-order valence-electron chi connectivity index (χ4n) is 2.08. The molecule has 0 atom stereocenters. The monoisotopic (exact) mass is 315 g/mol. The third-order valence-electron chi connectivity index (χ3n) is 3.13. The number of carbonyl (C=O) groups is 2. The van der Waals surface area contributed by atoms with E-state index in [1.165, 1.54) is 12.1 Å². The summed E-state index contributed by atoms with van der Waals surface area (Å²) in [5.41, 5.74) is 0.540. The first kappa shape index (κ1) is 14.7. The average Bonchev–Trinajstić information content (AvgIpc) is 3.00. The molecule has 0 aliphatic carbocycles. The molecule has 1 heterocycles. The molecule has 0 saturated heterocycles. The highest BCUT2D eigenvalue weighted by molar-refractivity contribution is 5.93. The van der Waals surface area contributed by atoms with E-state index in [1.54, 1.807) is 30.3 Å². The maximum Gasteiger partial charge on any atom is 0.339 e. The SMILES string of the molecule is O=C(COc1ccccc1C(=O)O)Nc1ccc2c(c1)OCO2. The van der Waals surface area contributed by atoms with Gasteiger partial charge in [0, 0.05) is 11.8 Å². The van der Waals surface area contributed by atoms with Crippen LogP contribution in [0.2, 0.25) is 0 Å². The summed E-state index contributed by atoms with van der Waals surface area (Å²) in [7, 11) is 0. The second-order valence-corrected chi connectivity index (χ2v) is 4.71. The van der Waals surface area contributed by atoms with Gasteiger partial charge in [0.15, 0.2) is 18.1 Å². The molecule has 1 aliphatic heterocycles. The Hall–Kier alpha value is -3.22. The summed E-state index contributed by atoms with van der Waals surface area (Å²) in [4.78, 5) is 23.0. The van der Waals surface area contributed by atoms with Crippen LogP contribution in [-0.2, 0) is 4.79 Å². The lowest BCUT2D eigenvalue weighted by Crippen LogP contribution is -2.20. The smallest absolute Gasteiger partial charge is 0.339 e. The van der Waals surface area contributed by atoms with Gasteiger partial charge in [-0.1, -0.05) is 12.1 Å². The largest absolute Gasteiger partial charge is 0.483 e. The Kier molecular flexibility index (Phi) is 4.01. The van der Waals surface area contributed by atoms with Gasteiger partial charge in [0.05, 0.1) is 0 Å². The number of anilines is 1. The lowest BCUT2D eigenvalue weighted by molar-refractivity contribution is -0.118. The van der Waals surface area contributed by atoms with Crippen molar-refractivity contribution in [1.82, 2.24) is 0 Å². The topological polar surface area (TPSA) is 94.1 Å². The van der Waals surface area contributed by atoms with Crippen LogP contribution in [0.4, 0.5) is 5.69 Å². The Balaban J connectivity index is 1.61. The minimum Gasteiger partial charge on any atom is -0.483 e. The van der Waals surface area contributed by atoms with Gasteiger partial charge >= 0.3 is 5.97 Å². The second kappa shape index (κ2) is 6.27. The zero-order valence-electron chi connectivity index (χ0n) is 11.9. The van der Waals surface area contributed by atoms with Gasteiger partial charge in [0.2, 0.25) is 6.79 Å². The maximum absolute atomic E-state index is 11.9. The van der Waals surface area contributed by atoms with Gasteiger partial charge in [-0.2, -0.15) is 0 Å². The summed E-state index contributed by atoms with van der Waals surface area (Å²) in [5.74, 6) is -0.212. The normalized spacial score (nSPS) is 11.8. The van der Waals surface area contributed by atoms with Gasteiger partial charge in [0.25, 0.3) is 5.91 Å². The van der Waals surface area contributed by atoms with Gasteiger partial charge < -0.3 is 24.6 Å². The van der Waals surface area contributed by atoms with E-state index in [9.17, 15) is 9.59 Å². The lowest BCUT2D eigenvalue weighted by Gasteiger charge is -2.09. The molecule has 0 bridgehead atoms. The molecule has 0 fully saturated rings. The highest BCUT2D eigenvalue weighted by atomic mass is 16.7. The van der Waals surface area contributed by atoms with Crippen LogP contribution in [-0.4, -0.2) is 30.4 Å². The molecule has 0 spiro atoms. The van der Waals surface area contributed by atoms with Crippen molar-refractivity contribution in [2.24, 2.45) is 0 Å². The van der Waals surface area contributed by atoms with Gasteiger partial charge in [-0.15, -0.1) is 0 Å². The first-order chi connectivity index (χ1) is 11.1. The molecule has 3 rings (SSSR count). The van der Waals surface area contributed by atoms with Gasteiger partial charge in [-0.05, 0) is 24.3 Å². The number of nitrogens with one attached hydrogen (secondary N) is 1. The van der Waals surface area contributed by atoms with Crippen LogP contribution in [0.3, 0.4) is 0 Å². The van der Waals surface area contributed by atoms with E-state index < -0.39 is 11.9 Å². The summed E-state index contributed by atoms with van der Waals surface area (Å²) in [5, 5.41) is 11.7. The Morgan fingerprint density at radius 2 is 1.91 bits per heavy atom. The first-order valence-corrected chi connectivity index (χ1v) is 6.78. The van der Waals surface area contributed by atoms with Crippen molar-refractivity contribution in [1.29, 1.82) is 0 Å². The summed E-state index contributed by atoms with van der Waals surface area (Å²) >= 11 is 0. The number of rotatable bonds is 5. The molecule has 1 aliphatic rings. The molecule has 1 amide bonds. The zero-order valence-corrected chi connectivity index (χ0v) is 11.9. The van der Waals surface area contributed by atoms with E-state index in [-0.39, 0.29) is 24.7 Å². The van der Waals surface area contributed by atoms with Crippen molar-refractivity contribution in [3.63, 3.8) is 0 Å². The van der Waals surface area contributed by atoms with Crippen LogP contribution in [0, 0.1) is 0 Å². The molecule has 2 N–H and O–H groups in total. The first-order valence-electron chi connectivity index (χ1n) is 6.78. The molecular formula is C16H13NO6. The van der Waals surface area contributed by atoms with Crippen LogP contribution in [0.5, 0.6) is 17.2 Å². The van der Waals surface area contributed by atoms with Crippen LogP contribution in [0.1, 0.15) is 10.4 Å². The molecule has 7 heteroatoms. The molecule has 118 valence electrons. The average molecular weight is 315 g/mol. The van der Waals surface area contributed by atoms with E-state index in [2.05, 4.69) is 5.32 Å². The highest BCUT2D eigenvalue weighted by Gasteiger charge is 2.15. The molecule has 0 unspecified atom stereocenters. The van der Waals surface area contributed by atoms with Crippen molar-refractivity contribution < 1.29 is 28.9 Å². The lowest BCUT2D eigenvalue weighted by atomic mass is 10.2. The number of ether oxygens (including phenoxy) is 3. The number of fused-ring (bicyclic) bond motifs is 1. The van der Waals surface area contributed by atoms with Crippen molar-refractivity contribution in [3.05, 3.63) is 48.0 Å². The van der Waals surface area contributed by atoms with E-state index in [4.69, 9.17) is 19.3 Å². The van der Waals surface area contributed by atoms with Crippen molar-refractivity contribution in [2.45, 2.75) is 0 Å². The van der Waals surface area contributed by atoms with E-state index in [1.807, 2.05) is 0 Å². The highest BCUT2D eigenvalue weighted by Crippen LogP contribution is 2.34. The quantitative estimate of drug-likeness (QED) is 0.878. The van der Waals surface area contributed by atoms with Gasteiger partial charge in [-0.25, -0.2) is 4.79 Å². The number of para-hydroxylation sites is 1. The number of carboxylic acids is 1. The van der Waals surface area contributed by atoms with Crippen LogP contribution in [0.15, 0.2) is 42.5 Å². The van der Waals surface area contributed by atoms with Crippen molar-refractivity contribution in [3.8, 4) is 17.2 Å². The summed E-state index contributed by atoms with van der Waals surface area (Å²) in [6.45, 7) is -0.152. The zero-order chi connectivity index (χ0) is 16.2. The minimum atomic E-state index is -1.11. The third kappa shape index (κ3) is 3.34. The number of aromatic carboxylic acids is 1. The van der Waals surface area contributed by atoms with Crippen LogP contribution in [0.25, 0.3) is 0 Å². The molecular weight excluding hydrogens is 302 g/mol. The van der Waals surface area contributed by atoms with Crippen LogP contribution >= 0.6 is 0 Å². The van der Waals surface area contributed by atoms with Crippen LogP contribution < -0.4 is 19.5 Å². The van der Waals surface area contributed by atoms with E-state index in [0.717, 1.165) is 0 Å². The number of amides is 1. The number of carboxylic acid groups (broad SMARTS) is 1. The number of hydrogen-bond acceptors (Lipinski definition) is 5. The standard InChI is InChI=1S/C16H13NO6/c18-15(8-21-12-4-2-1-3-11(12)16(19)20)17-10-5-6-13-14(7-10)23-9-22-13/h1-7H,8-9H2,(H,17,18)(H,19,20). The number of carbonyl (C=O) groups excluding carboxylic acids is 1. The second-order valence-electron chi connectivity index (χ2n) is 4.71. The number of benzene rings is 2. The molecule has 0 aromatic heterocycles. The fraction of sp³-hybridized carbons (Fsp3) is 0.125. The van der Waals surface area contributed by atoms with Crippen molar-refractivity contribution in [2.75, 3.05) is 18.7 Å².